The Morgan fingerprint density at radius 3 is 2.61 bits per heavy atom. The molecule has 3 heterocycles. The van der Waals surface area contributed by atoms with Gasteiger partial charge < -0.3 is 14.5 Å². The molecule has 0 spiro atoms. The first-order chi connectivity index (χ1) is 13.6. The topological polar surface area (TPSA) is 90.5 Å². The molecule has 0 aliphatic rings. The lowest BCUT2D eigenvalue weighted by Crippen LogP contribution is -2.12. The minimum Gasteiger partial charge on any atom is -0.465 e. The van der Waals surface area contributed by atoms with E-state index >= 15 is 0 Å². The molecule has 4 aromatic rings. The van der Waals surface area contributed by atoms with Crippen LogP contribution < -0.4 is 5.32 Å². The first-order valence-electron chi connectivity index (χ1n) is 8.57. The molecule has 0 unspecified atom stereocenters. The quantitative estimate of drug-likeness (QED) is 0.542. The van der Waals surface area contributed by atoms with Gasteiger partial charge in [0.15, 0.2) is 0 Å². The number of nitrogens with one attached hydrogen (secondary N) is 1. The van der Waals surface area contributed by atoms with Gasteiger partial charge in [-0.25, -0.2) is 9.78 Å². The molecule has 3 aromatic heterocycles. The molecule has 140 valence electrons. The van der Waals surface area contributed by atoms with Crippen molar-refractivity contribution in [3.05, 3.63) is 84.1 Å². The van der Waals surface area contributed by atoms with Crippen LogP contribution in [0.25, 0.3) is 5.65 Å². The van der Waals surface area contributed by atoms with Crippen molar-refractivity contribution < 1.29 is 14.3 Å². The van der Waals surface area contributed by atoms with E-state index in [-0.39, 0.29) is 5.91 Å². The van der Waals surface area contributed by atoms with Crippen molar-refractivity contribution in [1.82, 2.24) is 19.2 Å². The molecule has 4 rings (SSSR count). The molecule has 0 saturated carbocycles. The Hall–Kier alpha value is -3.94. The monoisotopic (exact) mass is 375 g/mol. The number of anilines is 1. The molecule has 0 radical (unpaired) electrons. The van der Waals surface area contributed by atoms with E-state index in [4.69, 9.17) is 0 Å². The molecular weight excluding hydrogens is 358 g/mol. The van der Waals surface area contributed by atoms with Crippen LogP contribution in [0.4, 0.5) is 5.69 Å². The average Bonchev–Trinajstić information content (AvgIpc) is 3.33. The first-order valence-corrected chi connectivity index (χ1v) is 8.57. The van der Waals surface area contributed by atoms with Crippen molar-refractivity contribution >= 4 is 23.2 Å². The molecule has 28 heavy (non-hydrogen) atoms. The van der Waals surface area contributed by atoms with E-state index < -0.39 is 5.97 Å². The van der Waals surface area contributed by atoms with Crippen LogP contribution in [-0.2, 0) is 11.3 Å². The lowest BCUT2D eigenvalue weighted by atomic mass is 10.1. The predicted octanol–water partition coefficient (Wildman–Crippen LogP) is 2.62. The first kappa shape index (κ1) is 17.5. The number of amides is 1. The molecule has 0 saturated heterocycles. The second-order valence-corrected chi connectivity index (χ2v) is 6.15. The van der Waals surface area contributed by atoms with Crippen molar-refractivity contribution in [2.45, 2.75) is 6.54 Å². The number of carbonyl (C=O) groups excluding carboxylic acids is 2. The van der Waals surface area contributed by atoms with Crippen LogP contribution in [0.2, 0.25) is 0 Å². The Morgan fingerprint density at radius 2 is 1.86 bits per heavy atom. The van der Waals surface area contributed by atoms with Crippen LogP contribution in [0.1, 0.15) is 26.4 Å². The zero-order chi connectivity index (χ0) is 19.5. The fourth-order valence-corrected chi connectivity index (χ4v) is 2.82. The number of aromatic nitrogens is 4. The summed E-state index contributed by atoms with van der Waals surface area (Å²) in [6.45, 7) is 0.491. The molecule has 0 atom stereocenters. The zero-order valence-corrected chi connectivity index (χ0v) is 15.1. The molecule has 1 N–H and O–H groups in total. The summed E-state index contributed by atoms with van der Waals surface area (Å²) in [6, 6.07) is 12.1. The highest BCUT2D eigenvalue weighted by atomic mass is 16.5. The van der Waals surface area contributed by atoms with Gasteiger partial charge in [0.2, 0.25) is 0 Å². The number of pyridine rings is 1. The Balaban J connectivity index is 1.42. The van der Waals surface area contributed by atoms with Crippen molar-refractivity contribution in [3.8, 4) is 0 Å². The number of fused-ring (bicyclic) bond motifs is 1. The number of benzene rings is 1. The summed E-state index contributed by atoms with van der Waals surface area (Å²) in [7, 11) is 1.31. The smallest absolute Gasteiger partial charge is 0.337 e. The van der Waals surface area contributed by atoms with E-state index in [0.717, 1.165) is 11.3 Å². The zero-order valence-electron chi connectivity index (χ0n) is 15.1. The maximum absolute atomic E-state index is 12.4. The third kappa shape index (κ3) is 3.61. The second kappa shape index (κ2) is 7.36. The van der Waals surface area contributed by atoms with E-state index in [1.807, 2.05) is 35.0 Å². The van der Waals surface area contributed by atoms with Crippen LogP contribution in [0.5, 0.6) is 0 Å². The highest BCUT2D eigenvalue weighted by molar-refractivity contribution is 6.04. The number of nitrogens with zero attached hydrogens (tertiary/aromatic N) is 4. The van der Waals surface area contributed by atoms with E-state index in [1.54, 1.807) is 41.3 Å². The summed E-state index contributed by atoms with van der Waals surface area (Å²) in [5, 5.41) is 7.06. The summed E-state index contributed by atoms with van der Waals surface area (Å²) >= 11 is 0. The van der Waals surface area contributed by atoms with Crippen molar-refractivity contribution in [2.75, 3.05) is 12.4 Å². The van der Waals surface area contributed by atoms with Gasteiger partial charge in [0.05, 0.1) is 36.8 Å². The van der Waals surface area contributed by atoms with Gasteiger partial charge in [0.1, 0.15) is 5.65 Å². The van der Waals surface area contributed by atoms with Gasteiger partial charge in [-0.3, -0.25) is 9.48 Å². The number of carbonyl (C=O) groups is 2. The SMILES string of the molecule is COC(=O)c1ccc(C(=O)Nc2cnn(Cc3cn4ccccc4n3)c2)cc1. The predicted molar refractivity (Wildman–Crippen MR) is 102 cm³/mol. The Morgan fingerprint density at radius 1 is 1.07 bits per heavy atom. The van der Waals surface area contributed by atoms with Gasteiger partial charge in [-0.1, -0.05) is 6.07 Å². The summed E-state index contributed by atoms with van der Waals surface area (Å²) in [6.07, 6.45) is 7.20. The molecule has 1 aromatic carbocycles. The minimum absolute atomic E-state index is 0.288. The molecule has 0 bridgehead atoms. The number of rotatable bonds is 5. The molecule has 8 nitrogen and oxygen atoms in total. The summed E-state index contributed by atoms with van der Waals surface area (Å²) in [5.74, 6) is -0.733. The maximum atomic E-state index is 12.4. The average molecular weight is 375 g/mol. The molecule has 0 aliphatic carbocycles. The van der Waals surface area contributed by atoms with Gasteiger partial charge in [-0.15, -0.1) is 0 Å². The number of methoxy groups -OCH3 is 1. The van der Waals surface area contributed by atoms with Crippen LogP contribution in [0.15, 0.2) is 67.3 Å². The lowest BCUT2D eigenvalue weighted by Gasteiger charge is -2.04. The van der Waals surface area contributed by atoms with E-state index in [0.29, 0.717) is 23.4 Å². The molecule has 0 aliphatic heterocycles. The standard InChI is InChI=1S/C20H17N5O3/c1-28-20(27)15-7-5-14(6-8-15)19(26)23-16-10-21-25(12-16)13-17-11-24-9-3-2-4-18(24)22-17/h2-12H,13H2,1H3,(H,23,26). The Bertz CT molecular complexity index is 1110. The van der Waals surface area contributed by atoms with Gasteiger partial charge >= 0.3 is 5.97 Å². The minimum atomic E-state index is -0.444. The summed E-state index contributed by atoms with van der Waals surface area (Å²) < 4.78 is 8.30. The number of ether oxygens (including phenoxy) is 1. The van der Waals surface area contributed by atoms with Crippen molar-refractivity contribution in [1.29, 1.82) is 0 Å². The largest absolute Gasteiger partial charge is 0.465 e. The third-order valence-corrected chi connectivity index (χ3v) is 4.20. The van der Waals surface area contributed by atoms with Gasteiger partial charge in [0.25, 0.3) is 5.91 Å². The number of hydrogen-bond acceptors (Lipinski definition) is 5. The summed E-state index contributed by atoms with van der Waals surface area (Å²) in [5.41, 5.74) is 3.13. The number of esters is 1. The summed E-state index contributed by atoms with van der Waals surface area (Å²) in [4.78, 5) is 28.4. The van der Waals surface area contributed by atoms with Crippen molar-refractivity contribution in [3.63, 3.8) is 0 Å². The molecule has 0 fully saturated rings. The van der Waals surface area contributed by atoms with Crippen LogP contribution in [0.3, 0.4) is 0 Å². The maximum Gasteiger partial charge on any atom is 0.337 e. The third-order valence-electron chi connectivity index (χ3n) is 4.20. The molecule has 1 amide bonds. The highest BCUT2D eigenvalue weighted by Gasteiger charge is 2.11. The number of imidazole rings is 1. The fraction of sp³-hybridized carbons (Fsp3) is 0.100. The normalized spacial score (nSPS) is 10.8. The van der Waals surface area contributed by atoms with E-state index in [1.165, 1.54) is 7.11 Å². The Labute approximate surface area is 160 Å². The molecule has 8 heteroatoms. The Kier molecular flexibility index (Phi) is 4.59. The van der Waals surface area contributed by atoms with Gasteiger partial charge in [0, 0.05) is 24.2 Å². The van der Waals surface area contributed by atoms with Crippen LogP contribution in [-0.4, -0.2) is 38.2 Å². The number of hydrogen-bond donors (Lipinski definition) is 1. The second-order valence-electron chi connectivity index (χ2n) is 6.15. The fourth-order valence-electron chi connectivity index (χ4n) is 2.82. The van der Waals surface area contributed by atoms with E-state index in [9.17, 15) is 9.59 Å². The van der Waals surface area contributed by atoms with Gasteiger partial charge in [-0.2, -0.15) is 5.10 Å². The van der Waals surface area contributed by atoms with Gasteiger partial charge in [-0.05, 0) is 36.4 Å². The lowest BCUT2D eigenvalue weighted by molar-refractivity contribution is 0.0600. The highest BCUT2D eigenvalue weighted by Crippen LogP contribution is 2.12. The van der Waals surface area contributed by atoms with Crippen LogP contribution in [0, 0.1) is 0 Å². The molecular formula is C20H17N5O3. The van der Waals surface area contributed by atoms with E-state index in [2.05, 4.69) is 20.1 Å². The van der Waals surface area contributed by atoms with Crippen LogP contribution >= 0.6 is 0 Å². The van der Waals surface area contributed by atoms with Crippen molar-refractivity contribution in [2.24, 2.45) is 0 Å².